The van der Waals surface area contributed by atoms with Crippen molar-refractivity contribution < 1.29 is 18.7 Å². The van der Waals surface area contributed by atoms with Crippen molar-refractivity contribution in [3.8, 4) is 0 Å². The van der Waals surface area contributed by atoms with Crippen LogP contribution in [0.4, 0.5) is 14.5 Å². The summed E-state index contributed by atoms with van der Waals surface area (Å²) in [5.74, 6) is -3.26. The number of pyridine rings is 1. The molecule has 0 saturated carbocycles. The van der Waals surface area contributed by atoms with Gasteiger partial charge < -0.3 is 10.4 Å². The van der Waals surface area contributed by atoms with Crippen molar-refractivity contribution >= 4 is 11.7 Å². The molecule has 4 nitrogen and oxygen atoms in total. The van der Waals surface area contributed by atoms with E-state index in [2.05, 4.69) is 10.3 Å². The Morgan fingerprint density at radius 3 is 2.57 bits per heavy atom. The van der Waals surface area contributed by atoms with Crippen LogP contribution in [0.2, 0.25) is 0 Å². The molecule has 0 aliphatic carbocycles. The van der Waals surface area contributed by atoms with Gasteiger partial charge in [0.15, 0.2) is 0 Å². The van der Waals surface area contributed by atoms with E-state index in [0.717, 1.165) is 24.1 Å². The van der Waals surface area contributed by atoms with Crippen LogP contribution in [0.15, 0.2) is 30.5 Å². The van der Waals surface area contributed by atoms with Crippen LogP contribution < -0.4 is 5.32 Å². The molecule has 0 aliphatic rings. The molecule has 2 aromatic rings. The first kappa shape index (κ1) is 14.9. The van der Waals surface area contributed by atoms with Crippen LogP contribution in [0.5, 0.6) is 0 Å². The van der Waals surface area contributed by atoms with E-state index in [1.165, 1.54) is 0 Å². The number of benzene rings is 1. The molecule has 2 N–H and O–H groups in total. The molecule has 0 bridgehead atoms. The molecule has 0 radical (unpaired) electrons. The fourth-order valence-electron chi connectivity index (χ4n) is 1.99. The second-order valence-corrected chi connectivity index (χ2v) is 4.44. The lowest BCUT2D eigenvalue weighted by molar-refractivity contribution is 0.0696. The lowest BCUT2D eigenvalue weighted by atomic mass is 10.1. The molecule has 0 spiro atoms. The predicted molar refractivity (Wildman–Crippen MR) is 74.3 cm³/mol. The molecule has 0 aliphatic heterocycles. The standard InChI is InChI=1S/C15H14F2N2O2/c1-2-9-4-3-5-18-13(9)8-19-14-11(16)6-10(15(20)21)7-12(14)17/h3-7,19H,2,8H2,1H3,(H,20,21). The highest BCUT2D eigenvalue weighted by Crippen LogP contribution is 2.22. The summed E-state index contributed by atoms with van der Waals surface area (Å²) in [5.41, 5.74) is 0.893. The monoisotopic (exact) mass is 292 g/mol. The van der Waals surface area contributed by atoms with E-state index < -0.39 is 23.2 Å². The number of aryl methyl sites for hydroxylation is 1. The van der Waals surface area contributed by atoms with Crippen molar-refractivity contribution in [1.29, 1.82) is 0 Å². The van der Waals surface area contributed by atoms with E-state index >= 15 is 0 Å². The van der Waals surface area contributed by atoms with Crippen LogP contribution in [0.1, 0.15) is 28.5 Å². The number of rotatable bonds is 5. The number of carbonyl (C=O) groups is 1. The van der Waals surface area contributed by atoms with Crippen molar-refractivity contribution in [2.24, 2.45) is 0 Å². The first-order valence-corrected chi connectivity index (χ1v) is 6.42. The van der Waals surface area contributed by atoms with E-state index in [1.54, 1.807) is 12.3 Å². The van der Waals surface area contributed by atoms with E-state index in [4.69, 9.17) is 5.11 Å². The molecule has 1 heterocycles. The summed E-state index contributed by atoms with van der Waals surface area (Å²) in [6.07, 6.45) is 2.37. The number of aromatic carboxylic acids is 1. The van der Waals surface area contributed by atoms with Crippen molar-refractivity contribution in [1.82, 2.24) is 4.98 Å². The molecular formula is C15H14F2N2O2. The SMILES string of the molecule is CCc1cccnc1CNc1c(F)cc(C(=O)O)cc1F. The Morgan fingerprint density at radius 2 is 2.00 bits per heavy atom. The summed E-state index contributed by atoms with van der Waals surface area (Å²) in [6.45, 7) is 2.12. The molecule has 6 heteroatoms. The number of carboxylic acids is 1. The smallest absolute Gasteiger partial charge is 0.335 e. The van der Waals surface area contributed by atoms with E-state index in [1.807, 2.05) is 13.0 Å². The van der Waals surface area contributed by atoms with Gasteiger partial charge in [-0.05, 0) is 30.2 Å². The number of hydrogen-bond acceptors (Lipinski definition) is 3. The van der Waals surface area contributed by atoms with Crippen molar-refractivity contribution in [3.05, 3.63) is 58.9 Å². The first-order chi connectivity index (χ1) is 10.0. The van der Waals surface area contributed by atoms with Gasteiger partial charge in [0.05, 0.1) is 17.8 Å². The Morgan fingerprint density at radius 1 is 1.33 bits per heavy atom. The van der Waals surface area contributed by atoms with Crippen molar-refractivity contribution in [2.75, 3.05) is 5.32 Å². The lowest BCUT2D eigenvalue weighted by Gasteiger charge is -2.11. The predicted octanol–water partition coefficient (Wildman–Crippen LogP) is 3.23. The Hall–Kier alpha value is -2.50. The van der Waals surface area contributed by atoms with Crippen LogP contribution in [-0.4, -0.2) is 16.1 Å². The Labute approximate surface area is 120 Å². The molecule has 0 fully saturated rings. The van der Waals surface area contributed by atoms with Crippen molar-refractivity contribution in [3.63, 3.8) is 0 Å². The topological polar surface area (TPSA) is 62.2 Å². The fraction of sp³-hybridized carbons (Fsp3) is 0.200. The molecule has 0 unspecified atom stereocenters. The zero-order valence-corrected chi connectivity index (χ0v) is 11.4. The van der Waals surface area contributed by atoms with E-state index in [9.17, 15) is 13.6 Å². The van der Waals surface area contributed by atoms with Crippen molar-refractivity contribution in [2.45, 2.75) is 19.9 Å². The number of carboxylic acid groups (broad SMARTS) is 1. The largest absolute Gasteiger partial charge is 0.478 e. The van der Waals surface area contributed by atoms with Gasteiger partial charge in [-0.25, -0.2) is 13.6 Å². The van der Waals surface area contributed by atoms with Crippen LogP contribution in [-0.2, 0) is 13.0 Å². The van der Waals surface area contributed by atoms with Gasteiger partial charge in [0.25, 0.3) is 0 Å². The second-order valence-electron chi connectivity index (χ2n) is 4.44. The highest BCUT2D eigenvalue weighted by atomic mass is 19.1. The second kappa shape index (κ2) is 6.30. The molecule has 0 saturated heterocycles. The fourth-order valence-corrected chi connectivity index (χ4v) is 1.99. The molecular weight excluding hydrogens is 278 g/mol. The number of aromatic nitrogens is 1. The average Bonchev–Trinajstić information content (AvgIpc) is 2.46. The number of anilines is 1. The van der Waals surface area contributed by atoms with Gasteiger partial charge in [-0.1, -0.05) is 13.0 Å². The van der Waals surface area contributed by atoms with Gasteiger partial charge in [-0.2, -0.15) is 0 Å². The minimum atomic E-state index is -1.38. The maximum Gasteiger partial charge on any atom is 0.335 e. The van der Waals surface area contributed by atoms with Crippen LogP contribution in [0.25, 0.3) is 0 Å². The summed E-state index contributed by atoms with van der Waals surface area (Å²) in [7, 11) is 0. The Bertz CT molecular complexity index is 651. The molecule has 0 amide bonds. The molecule has 1 aromatic heterocycles. The van der Waals surface area contributed by atoms with Gasteiger partial charge in [-0.15, -0.1) is 0 Å². The number of hydrogen-bond donors (Lipinski definition) is 2. The van der Waals surface area contributed by atoms with E-state index in [-0.39, 0.29) is 12.2 Å². The first-order valence-electron chi connectivity index (χ1n) is 6.42. The summed E-state index contributed by atoms with van der Waals surface area (Å²) < 4.78 is 27.5. The minimum Gasteiger partial charge on any atom is -0.478 e. The number of nitrogens with one attached hydrogen (secondary N) is 1. The normalized spacial score (nSPS) is 10.4. The maximum atomic E-state index is 13.8. The number of halogens is 2. The zero-order chi connectivity index (χ0) is 15.4. The third kappa shape index (κ3) is 3.34. The van der Waals surface area contributed by atoms with Crippen LogP contribution >= 0.6 is 0 Å². The molecule has 0 atom stereocenters. The van der Waals surface area contributed by atoms with Crippen LogP contribution in [0.3, 0.4) is 0 Å². The third-order valence-corrected chi connectivity index (χ3v) is 3.09. The lowest BCUT2D eigenvalue weighted by Crippen LogP contribution is -2.09. The van der Waals surface area contributed by atoms with Gasteiger partial charge in [0, 0.05) is 6.20 Å². The maximum absolute atomic E-state index is 13.8. The summed E-state index contributed by atoms with van der Waals surface area (Å²) in [4.78, 5) is 14.9. The van der Waals surface area contributed by atoms with Gasteiger partial charge in [0.1, 0.15) is 17.3 Å². The quantitative estimate of drug-likeness (QED) is 0.888. The summed E-state index contributed by atoms with van der Waals surface area (Å²) >= 11 is 0. The minimum absolute atomic E-state index is 0.157. The molecule has 110 valence electrons. The molecule has 2 rings (SSSR count). The molecule has 1 aromatic carbocycles. The Balaban J connectivity index is 2.22. The zero-order valence-electron chi connectivity index (χ0n) is 11.4. The van der Waals surface area contributed by atoms with Gasteiger partial charge in [-0.3, -0.25) is 4.98 Å². The van der Waals surface area contributed by atoms with E-state index in [0.29, 0.717) is 5.69 Å². The Kier molecular flexibility index (Phi) is 4.47. The molecule has 21 heavy (non-hydrogen) atoms. The number of nitrogens with zero attached hydrogens (tertiary/aromatic N) is 1. The van der Waals surface area contributed by atoms with Crippen LogP contribution in [0, 0.1) is 11.6 Å². The summed E-state index contributed by atoms with van der Waals surface area (Å²) in [6, 6.07) is 5.26. The van der Waals surface area contributed by atoms with Gasteiger partial charge in [0.2, 0.25) is 0 Å². The average molecular weight is 292 g/mol. The summed E-state index contributed by atoms with van der Waals surface area (Å²) in [5, 5.41) is 11.4. The third-order valence-electron chi connectivity index (χ3n) is 3.09. The highest BCUT2D eigenvalue weighted by molar-refractivity contribution is 5.88. The van der Waals surface area contributed by atoms with Gasteiger partial charge >= 0.3 is 5.97 Å². The highest BCUT2D eigenvalue weighted by Gasteiger charge is 2.15.